The van der Waals surface area contributed by atoms with Crippen LogP contribution in [0.5, 0.6) is 0 Å². The molecule has 0 unspecified atom stereocenters. The molecular weight excluding hydrogens is 238 g/mol. The molecule has 0 radical (unpaired) electrons. The number of hydrogen-bond donors (Lipinski definition) is 1. The molecule has 0 aliphatic carbocycles. The standard InChI is InChI=1S/C13H18ClNO2/c1-3-17-13(16)11(9-15-2)8-10-4-6-12(14)7-5-10/h4-7,11,15H,3,8-9H2,1-2H3/t11-/m0/s1. The molecule has 1 aromatic rings. The van der Waals surface area contributed by atoms with Gasteiger partial charge in [-0.1, -0.05) is 23.7 Å². The Balaban J connectivity index is 2.65. The lowest BCUT2D eigenvalue weighted by atomic mass is 9.99. The van der Waals surface area contributed by atoms with Gasteiger partial charge < -0.3 is 10.1 Å². The fourth-order valence-electron chi connectivity index (χ4n) is 1.65. The number of rotatable bonds is 6. The summed E-state index contributed by atoms with van der Waals surface area (Å²) in [5.74, 6) is -0.307. The number of carbonyl (C=O) groups excluding carboxylic acids is 1. The van der Waals surface area contributed by atoms with E-state index in [-0.39, 0.29) is 11.9 Å². The Hall–Kier alpha value is -1.06. The summed E-state index contributed by atoms with van der Waals surface area (Å²) in [7, 11) is 1.83. The van der Waals surface area contributed by atoms with Gasteiger partial charge in [-0.15, -0.1) is 0 Å². The second-order valence-corrected chi connectivity index (χ2v) is 4.27. The molecule has 0 saturated heterocycles. The molecule has 0 aromatic heterocycles. The van der Waals surface area contributed by atoms with E-state index in [1.807, 2.05) is 38.2 Å². The van der Waals surface area contributed by atoms with Crippen molar-refractivity contribution in [1.82, 2.24) is 5.32 Å². The normalized spacial score (nSPS) is 12.2. The maximum Gasteiger partial charge on any atom is 0.310 e. The quantitative estimate of drug-likeness (QED) is 0.793. The Morgan fingerprint density at radius 2 is 2.06 bits per heavy atom. The zero-order chi connectivity index (χ0) is 12.7. The Labute approximate surface area is 107 Å². The van der Waals surface area contributed by atoms with Crippen molar-refractivity contribution in [2.45, 2.75) is 13.3 Å². The molecule has 1 atom stereocenters. The maximum absolute atomic E-state index is 11.7. The summed E-state index contributed by atoms with van der Waals surface area (Å²) in [5.41, 5.74) is 1.09. The van der Waals surface area contributed by atoms with Crippen LogP contribution in [0, 0.1) is 5.92 Å². The average molecular weight is 256 g/mol. The van der Waals surface area contributed by atoms with Crippen molar-refractivity contribution in [1.29, 1.82) is 0 Å². The van der Waals surface area contributed by atoms with E-state index in [1.54, 1.807) is 0 Å². The topological polar surface area (TPSA) is 38.3 Å². The lowest BCUT2D eigenvalue weighted by molar-refractivity contribution is -0.147. The molecule has 0 aliphatic heterocycles. The minimum absolute atomic E-state index is 0.152. The van der Waals surface area contributed by atoms with Crippen LogP contribution in [0.15, 0.2) is 24.3 Å². The molecule has 0 spiro atoms. The second-order valence-electron chi connectivity index (χ2n) is 3.84. The van der Waals surface area contributed by atoms with Crippen LogP contribution in [0.2, 0.25) is 5.02 Å². The van der Waals surface area contributed by atoms with Crippen LogP contribution in [0.25, 0.3) is 0 Å². The smallest absolute Gasteiger partial charge is 0.310 e. The molecule has 0 amide bonds. The third-order valence-electron chi connectivity index (χ3n) is 2.47. The van der Waals surface area contributed by atoms with Crippen molar-refractivity contribution < 1.29 is 9.53 Å². The number of esters is 1. The summed E-state index contributed by atoms with van der Waals surface area (Å²) in [5, 5.41) is 3.72. The van der Waals surface area contributed by atoms with Crippen molar-refractivity contribution in [3.63, 3.8) is 0 Å². The minimum Gasteiger partial charge on any atom is -0.466 e. The van der Waals surface area contributed by atoms with Crippen LogP contribution in [-0.4, -0.2) is 26.2 Å². The van der Waals surface area contributed by atoms with Crippen LogP contribution in [-0.2, 0) is 16.0 Å². The van der Waals surface area contributed by atoms with Gasteiger partial charge in [-0.2, -0.15) is 0 Å². The summed E-state index contributed by atoms with van der Waals surface area (Å²) in [6.45, 7) is 2.84. The highest BCUT2D eigenvalue weighted by Gasteiger charge is 2.19. The molecule has 1 rings (SSSR count). The van der Waals surface area contributed by atoms with Crippen LogP contribution < -0.4 is 5.32 Å². The predicted octanol–water partition coefficient (Wildman–Crippen LogP) is 2.28. The zero-order valence-corrected chi connectivity index (χ0v) is 11.0. The highest BCUT2D eigenvalue weighted by Crippen LogP contribution is 2.14. The first kappa shape index (κ1) is 14.0. The van der Waals surface area contributed by atoms with Gasteiger partial charge in [0.1, 0.15) is 0 Å². The molecule has 0 bridgehead atoms. The Bertz CT molecular complexity index is 351. The molecule has 94 valence electrons. The van der Waals surface area contributed by atoms with Gasteiger partial charge in [-0.3, -0.25) is 4.79 Å². The Kier molecular flexibility index (Phi) is 6.01. The molecule has 1 N–H and O–H groups in total. The number of benzene rings is 1. The number of halogens is 1. The van der Waals surface area contributed by atoms with Crippen LogP contribution in [0.1, 0.15) is 12.5 Å². The van der Waals surface area contributed by atoms with E-state index in [2.05, 4.69) is 5.32 Å². The Morgan fingerprint density at radius 3 is 2.59 bits per heavy atom. The van der Waals surface area contributed by atoms with Gasteiger partial charge in [0.15, 0.2) is 0 Å². The SMILES string of the molecule is CCOC(=O)[C@H](CNC)Cc1ccc(Cl)cc1. The van der Waals surface area contributed by atoms with E-state index in [1.165, 1.54) is 0 Å². The molecule has 4 heteroatoms. The fraction of sp³-hybridized carbons (Fsp3) is 0.462. The van der Waals surface area contributed by atoms with E-state index in [0.717, 1.165) is 5.56 Å². The first-order chi connectivity index (χ1) is 8.17. The summed E-state index contributed by atoms with van der Waals surface area (Å²) in [6.07, 6.45) is 0.664. The van der Waals surface area contributed by atoms with Crippen LogP contribution in [0.4, 0.5) is 0 Å². The highest BCUT2D eigenvalue weighted by atomic mass is 35.5. The molecule has 3 nitrogen and oxygen atoms in total. The average Bonchev–Trinajstić information content (AvgIpc) is 2.31. The molecule has 0 fully saturated rings. The van der Waals surface area contributed by atoms with Crippen molar-refractivity contribution in [2.24, 2.45) is 5.92 Å². The van der Waals surface area contributed by atoms with Gasteiger partial charge in [-0.25, -0.2) is 0 Å². The summed E-state index contributed by atoms with van der Waals surface area (Å²) in [6, 6.07) is 7.53. The number of carbonyl (C=O) groups is 1. The van der Waals surface area contributed by atoms with E-state index in [9.17, 15) is 4.79 Å². The van der Waals surface area contributed by atoms with Gasteiger partial charge in [0.25, 0.3) is 0 Å². The van der Waals surface area contributed by atoms with Crippen molar-refractivity contribution in [3.8, 4) is 0 Å². The largest absolute Gasteiger partial charge is 0.466 e. The minimum atomic E-state index is -0.156. The maximum atomic E-state index is 11.7. The molecule has 0 heterocycles. The Morgan fingerprint density at radius 1 is 1.41 bits per heavy atom. The third kappa shape index (κ3) is 4.75. The van der Waals surface area contributed by atoms with Crippen LogP contribution >= 0.6 is 11.6 Å². The first-order valence-corrected chi connectivity index (χ1v) is 6.10. The second kappa shape index (κ2) is 7.30. The fourth-order valence-corrected chi connectivity index (χ4v) is 1.78. The summed E-state index contributed by atoms with van der Waals surface area (Å²) < 4.78 is 5.05. The molecular formula is C13H18ClNO2. The predicted molar refractivity (Wildman–Crippen MR) is 69.2 cm³/mol. The highest BCUT2D eigenvalue weighted by molar-refractivity contribution is 6.30. The van der Waals surface area contributed by atoms with E-state index < -0.39 is 0 Å². The summed E-state index contributed by atoms with van der Waals surface area (Å²) in [4.78, 5) is 11.7. The van der Waals surface area contributed by atoms with Crippen molar-refractivity contribution in [3.05, 3.63) is 34.9 Å². The lowest BCUT2D eigenvalue weighted by Crippen LogP contribution is -2.29. The molecule has 1 aromatic carbocycles. The van der Waals surface area contributed by atoms with Gasteiger partial charge in [0.05, 0.1) is 12.5 Å². The first-order valence-electron chi connectivity index (χ1n) is 5.73. The van der Waals surface area contributed by atoms with Gasteiger partial charge in [0, 0.05) is 11.6 Å². The van der Waals surface area contributed by atoms with Crippen molar-refractivity contribution >= 4 is 17.6 Å². The monoisotopic (exact) mass is 255 g/mol. The molecule has 17 heavy (non-hydrogen) atoms. The van der Waals surface area contributed by atoms with E-state index in [0.29, 0.717) is 24.6 Å². The number of nitrogens with one attached hydrogen (secondary N) is 1. The number of hydrogen-bond acceptors (Lipinski definition) is 3. The van der Waals surface area contributed by atoms with Gasteiger partial charge in [0.2, 0.25) is 0 Å². The van der Waals surface area contributed by atoms with E-state index >= 15 is 0 Å². The zero-order valence-electron chi connectivity index (χ0n) is 10.2. The van der Waals surface area contributed by atoms with Crippen LogP contribution in [0.3, 0.4) is 0 Å². The third-order valence-corrected chi connectivity index (χ3v) is 2.72. The summed E-state index contributed by atoms with van der Waals surface area (Å²) >= 11 is 5.82. The molecule has 0 aliphatic rings. The van der Waals surface area contributed by atoms with Gasteiger partial charge in [-0.05, 0) is 38.1 Å². The lowest BCUT2D eigenvalue weighted by Gasteiger charge is -2.15. The van der Waals surface area contributed by atoms with E-state index in [4.69, 9.17) is 16.3 Å². The molecule has 0 saturated carbocycles. The van der Waals surface area contributed by atoms with Crippen molar-refractivity contribution in [2.75, 3.05) is 20.2 Å². The van der Waals surface area contributed by atoms with Gasteiger partial charge >= 0.3 is 5.97 Å². The number of ether oxygens (including phenoxy) is 1.